The third kappa shape index (κ3) is 5.66. The SMILES string of the molecule is C=C(C)[C@@H]1CCC(C)=CC1c1c(O)cc(CCCCC)cc1O.CC. The van der Waals surface area contributed by atoms with Gasteiger partial charge in [-0.25, -0.2) is 0 Å². The van der Waals surface area contributed by atoms with E-state index in [9.17, 15) is 10.2 Å². The zero-order valence-corrected chi connectivity index (χ0v) is 16.7. The molecule has 1 aromatic carbocycles. The lowest BCUT2D eigenvalue weighted by atomic mass is 9.73. The number of benzene rings is 1. The van der Waals surface area contributed by atoms with E-state index < -0.39 is 0 Å². The molecule has 1 unspecified atom stereocenters. The van der Waals surface area contributed by atoms with Crippen LogP contribution < -0.4 is 0 Å². The van der Waals surface area contributed by atoms with Gasteiger partial charge in [-0.2, -0.15) is 0 Å². The number of hydrogen-bond acceptors (Lipinski definition) is 2. The minimum atomic E-state index is 0.0194. The lowest BCUT2D eigenvalue weighted by Crippen LogP contribution is -2.17. The third-order valence-corrected chi connectivity index (χ3v) is 4.98. The minimum Gasteiger partial charge on any atom is -0.507 e. The number of aromatic hydroxyl groups is 2. The van der Waals surface area contributed by atoms with Gasteiger partial charge in [0.25, 0.3) is 0 Å². The van der Waals surface area contributed by atoms with Crippen molar-refractivity contribution in [3.8, 4) is 11.5 Å². The Kier molecular flexibility index (Phi) is 8.82. The van der Waals surface area contributed by atoms with Crippen molar-refractivity contribution < 1.29 is 10.2 Å². The first-order valence-electron chi connectivity index (χ1n) is 9.81. The van der Waals surface area contributed by atoms with Crippen molar-refractivity contribution in [1.82, 2.24) is 0 Å². The summed E-state index contributed by atoms with van der Waals surface area (Å²) in [6.45, 7) is 14.4. The molecule has 2 rings (SSSR count). The Morgan fingerprint density at radius 1 is 1.16 bits per heavy atom. The Morgan fingerprint density at radius 2 is 1.76 bits per heavy atom. The molecule has 0 heterocycles. The molecule has 0 aliphatic heterocycles. The lowest BCUT2D eigenvalue weighted by molar-refractivity contribution is 0.406. The standard InChI is InChI=1S/C21H30O2.C2H6/c1-5-6-7-8-16-12-19(22)21(20(23)13-16)18-11-15(4)9-10-17(18)14(2)3;1-2/h11-13,17-18,22-23H,2,5-10H2,1,3-4H3;1-2H3/t17-,18?;/m0./s1. The van der Waals surface area contributed by atoms with Crippen LogP contribution in [-0.2, 0) is 6.42 Å². The van der Waals surface area contributed by atoms with Gasteiger partial charge in [-0.3, -0.25) is 0 Å². The molecule has 1 aliphatic carbocycles. The fourth-order valence-corrected chi connectivity index (χ4v) is 3.65. The predicted molar refractivity (Wildman–Crippen MR) is 108 cm³/mol. The summed E-state index contributed by atoms with van der Waals surface area (Å²) in [6, 6.07) is 3.66. The molecule has 0 bridgehead atoms. The topological polar surface area (TPSA) is 40.5 Å². The summed E-state index contributed by atoms with van der Waals surface area (Å²) in [5.74, 6) is 0.741. The number of phenolic OH excluding ortho intramolecular Hbond substituents is 2. The number of phenols is 2. The molecule has 0 spiro atoms. The molecular weight excluding hydrogens is 308 g/mol. The summed E-state index contributed by atoms with van der Waals surface area (Å²) in [5, 5.41) is 21.1. The van der Waals surface area contributed by atoms with Gasteiger partial charge in [0.2, 0.25) is 0 Å². The molecule has 2 atom stereocenters. The first-order valence-corrected chi connectivity index (χ1v) is 9.81. The quantitative estimate of drug-likeness (QED) is 0.436. The number of rotatable bonds is 6. The normalized spacial score (nSPS) is 19.6. The Balaban J connectivity index is 0.00000151. The van der Waals surface area contributed by atoms with Crippen LogP contribution in [0.1, 0.15) is 83.8 Å². The Morgan fingerprint density at radius 3 is 2.28 bits per heavy atom. The fourth-order valence-electron chi connectivity index (χ4n) is 3.65. The minimum absolute atomic E-state index is 0.0194. The van der Waals surface area contributed by atoms with E-state index in [2.05, 4.69) is 26.5 Å². The van der Waals surface area contributed by atoms with Crippen molar-refractivity contribution in [2.45, 2.75) is 79.1 Å². The molecule has 0 saturated carbocycles. The molecule has 1 aromatic rings. The van der Waals surface area contributed by atoms with Crippen LogP contribution in [0.25, 0.3) is 0 Å². The van der Waals surface area contributed by atoms with Gasteiger partial charge in [-0.1, -0.05) is 57.4 Å². The second-order valence-corrected chi connectivity index (χ2v) is 7.04. The summed E-state index contributed by atoms with van der Waals surface area (Å²) in [6.07, 6.45) is 8.61. The molecule has 1 aliphatic rings. The van der Waals surface area contributed by atoms with Crippen LogP contribution in [0.4, 0.5) is 0 Å². The Labute approximate surface area is 154 Å². The maximum absolute atomic E-state index is 10.5. The van der Waals surface area contributed by atoms with Gasteiger partial charge in [0.1, 0.15) is 11.5 Å². The van der Waals surface area contributed by atoms with E-state index in [0.29, 0.717) is 5.56 Å². The monoisotopic (exact) mass is 344 g/mol. The third-order valence-electron chi connectivity index (χ3n) is 4.98. The first kappa shape index (κ1) is 21.3. The maximum Gasteiger partial charge on any atom is 0.123 e. The van der Waals surface area contributed by atoms with Gasteiger partial charge in [0.05, 0.1) is 0 Å². The highest BCUT2D eigenvalue weighted by Gasteiger charge is 2.29. The van der Waals surface area contributed by atoms with Gasteiger partial charge in [-0.15, -0.1) is 0 Å². The number of unbranched alkanes of at least 4 members (excludes halogenated alkanes) is 2. The first-order chi connectivity index (χ1) is 11.9. The molecule has 0 amide bonds. The average molecular weight is 345 g/mol. The van der Waals surface area contributed by atoms with Crippen LogP contribution in [0.3, 0.4) is 0 Å². The molecule has 2 nitrogen and oxygen atoms in total. The molecule has 2 heteroatoms. The molecule has 2 N–H and O–H groups in total. The van der Waals surface area contributed by atoms with Crippen LogP contribution in [0.15, 0.2) is 35.9 Å². The van der Waals surface area contributed by atoms with Crippen molar-refractivity contribution in [2.24, 2.45) is 5.92 Å². The highest BCUT2D eigenvalue weighted by Crippen LogP contribution is 2.46. The molecule has 0 aromatic heterocycles. The van der Waals surface area contributed by atoms with Crippen molar-refractivity contribution in [1.29, 1.82) is 0 Å². The van der Waals surface area contributed by atoms with E-state index in [4.69, 9.17) is 0 Å². The van der Waals surface area contributed by atoms with Gasteiger partial charge in [0, 0.05) is 11.5 Å². The second-order valence-electron chi connectivity index (χ2n) is 7.04. The van der Waals surface area contributed by atoms with Crippen LogP contribution in [0, 0.1) is 5.92 Å². The van der Waals surface area contributed by atoms with Crippen molar-refractivity contribution in [3.63, 3.8) is 0 Å². The van der Waals surface area contributed by atoms with Crippen LogP contribution in [0.2, 0.25) is 0 Å². The van der Waals surface area contributed by atoms with E-state index in [1.54, 1.807) is 0 Å². The van der Waals surface area contributed by atoms with Gasteiger partial charge in [0.15, 0.2) is 0 Å². The zero-order chi connectivity index (χ0) is 19.0. The second kappa shape index (κ2) is 10.3. The lowest BCUT2D eigenvalue weighted by Gasteiger charge is -2.31. The largest absolute Gasteiger partial charge is 0.507 e. The van der Waals surface area contributed by atoms with E-state index in [1.807, 2.05) is 32.9 Å². The van der Waals surface area contributed by atoms with Crippen molar-refractivity contribution in [3.05, 3.63) is 47.1 Å². The summed E-state index contributed by atoms with van der Waals surface area (Å²) < 4.78 is 0. The average Bonchev–Trinajstić information content (AvgIpc) is 2.56. The van der Waals surface area contributed by atoms with E-state index in [0.717, 1.165) is 36.8 Å². The Hall–Kier alpha value is -1.70. The number of aryl methyl sites for hydroxylation is 1. The van der Waals surface area contributed by atoms with Gasteiger partial charge in [-0.05, 0) is 63.1 Å². The summed E-state index contributed by atoms with van der Waals surface area (Å²) in [5.41, 5.74) is 4.11. The van der Waals surface area contributed by atoms with Gasteiger partial charge < -0.3 is 10.2 Å². The van der Waals surface area contributed by atoms with Gasteiger partial charge >= 0.3 is 0 Å². The molecular formula is C23H36O2. The summed E-state index contributed by atoms with van der Waals surface area (Å²) in [7, 11) is 0. The summed E-state index contributed by atoms with van der Waals surface area (Å²) in [4.78, 5) is 0. The van der Waals surface area contributed by atoms with E-state index in [-0.39, 0.29) is 23.3 Å². The van der Waals surface area contributed by atoms with Crippen LogP contribution in [-0.4, -0.2) is 10.2 Å². The van der Waals surface area contributed by atoms with Crippen molar-refractivity contribution >= 4 is 0 Å². The number of hydrogen-bond donors (Lipinski definition) is 2. The zero-order valence-electron chi connectivity index (χ0n) is 16.7. The molecule has 0 fully saturated rings. The Bertz CT molecular complexity index is 575. The van der Waals surface area contributed by atoms with Crippen molar-refractivity contribution in [2.75, 3.05) is 0 Å². The maximum atomic E-state index is 10.5. The fraction of sp³-hybridized carbons (Fsp3) is 0.565. The van der Waals surface area contributed by atoms with Crippen LogP contribution in [0.5, 0.6) is 11.5 Å². The summed E-state index contributed by atoms with van der Waals surface area (Å²) >= 11 is 0. The smallest absolute Gasteiger partial charge is 0.123 e. The highest BCUT2D eigenvalue weighted by molar-refractivity contribution is 5.51. The molecule has 25 heavy (non-hydrogen) atoms. The predicted octanol–water partition coefficient (Wildman–Crippen LogP) is 6.87. The van der Waals surface area contributed by atoms with Crippen LogP contribution >= 0.6 is 0 Å². The number of allylic oxidation sites excluding steroid dienone is 3. The van der Waals surface area contributed by atoms with E-state index >= 15 is 0 Å². The van der Waals surface area contributed by atoms with E-state index in [1.165, 1.54) is 18.4 Å². The molecule has 140 valence electrons. The molecule has 0 saturated heterocycles. The molecule has 0 radical (unpaired) electrons. The highest BCUT2D eigenvalue weighted by atomic mass is 16.3.